The van der Waals surface area contributed by atoms with Crippen LogP contribution in [0.5, 0.6) is 5.75 Å². The van der Waals surface area contributed by atoms with E-state index in [4.69, 9.17) is 15.8 Å². The number of benzene rings is 1. The van der Waals surface area contributed by atoms with Gasteiger partial charge in [-0.1, -0.05) is 18.5 Å². The summed E-state index contributed by atoms with van der Waals surface area (Å²) >= 11 is 5.64. The Hall–Kier alpha value is -0.740. The fourth-order valence-corrected chi connectivity index (χ4v) is 2.04. The summed E-state index contributed by atoms with van der Waals surface area (Å²) in [6.45, 7) is 1.78. The van der Waals surface area contributed by atoms with E-state index in [0.717, 1.165) is 0 Å². The molecular weight excluding hydrogens is 224 g/mol. The van der Waals surface area contributed by atoms with Crippen molar-refractivity contribution in [2.45, 2.75) is 13.3 Å². The molecule has 0 aromatic heterocycles. The Kier molecular flexibility index (Phi) is 3.77. The fraction of sp³-hybridized carbons (Fsp3) is 0.333. The molecule has 0 saturated carbocycles. The van der Waals surface area contributed by atoms with Gasteiger partial charge in [-0.15, -0.1) is 0 Å². The molecule has 1 aromatic carbocycles. The van der Waals surface area contributed by atoms with Crippen molar-refractivity contribution < 1.29 is 12.6 Å². The first-order chi connectivity index (χ1) is 6.53. The second-order valence-corrected chi connectivity index (χ2v) is 4.93. The Morgan fingerprint density at radius 1 is 1.29 bits per heavy atom. The van der Waals surface area contributed by atoms with E-state index in [9.17, 15) is 8.42 Å². The molecule has 0 heterocycles. The molecule has 0 saturated heterocycles. The fourth-order valence-electron chi connectivity index (χ4n) is 0.928. The molecule has 0 spiro atoms. The zero-order chi connectivity index (χ0) is 10.6. The summed E-state index contributed by atoms with van der Waals surface area (Å²) in [6.07, 6.45) is 0.538. The Bertz CT molecular complexity index is 383. The van der Waals surface area contributed by atoms with Gasteiger partial charge in [0.15, 0.2) is 0 Å². The van der Waals surface area contributed by atoms with E-state index >= 15 is 0 Å². The van der Waals surface area contributed by atoms with Crippen LogP contribution in [-0.2, 0) is 10.1 Å². The van der Waals surface area contributed by atoms with Gasteiger partial charge in [0.1, 0.15) is 5.75 Å². The van der Waals surface area contributed by atoms with Crippen LogP contribution in [0.1, 0.15) is 13.3 Å². The lowest BCUT2D eigenvalue weighted by atomic mass is 10.3. The monoisotopic (exact) mass is 234 g/mol. The Balaban J connectivity index is 2.74. The molecule has 14 heavy (non-hydrogen) atoms. The molecule has 0 aliphatic rings. The van der Waals surface area contributed by atoms with Crippen LogP contribution >= 0.6 is 11.6 Å². The van der Waals surface area contributed by atoms with Crippen molar-refractivity contribution in [2.24, 2.45) is 0 Å². The predicted octanol–water partition coefficient (Wildman–Crippen LogP) is 2.46. The Morgan fingerprint density at radius 3 is 2.36 bits per heavy atom. The van der Waals surface area contributed by atoms with Crippen molar-refractivity contribution in [3.8, 4) is 5.75 Å². The van der Waals surface area contributed by atoms with Crippen molar-refractivity contribution in [1.29, 1.82) is 0 Å². The molecule has 3 nitrogen and oxygen atoms in total. The molecule has 0 bridgehead atoms. The van der Waals surface area contributed by atoms with Gasteiger partial charge in [0, 0.05) is 5.02 Å². The highest BCUT2D eigenvalue weighted by molar-refractivity contribution is 7.87. The molecule has 0 atom stereocenters. The molecule has 0 N–H and O–H groups in total. The maximum absolute atomic E-state index is 11.2. The summed E-state index contributed by atoms with van der Waals surface area (Å²) < 4.78 is 27.3. The lowest BCUT2D eigenvalue weighted by molar-refractivity contribution is 0.485. The zero-order valence-corrected chi connectivity index (χ0v) is 9.31. The topological polar surface area (TPSA) is 43.4 Å². The first-order valence-corrected chi connectivity index (χ1v) is 6.17. The molecule has 1 rings (SSSR count). The third-order valence-electron chi connectivity index (χ3n) is 1.49. The van der Waals surface area contributed by atoms with Crippen LogP contribution in [-0.4, -0.2) is 14.2 Å². The molecule has 0 aliphatic carbocycles. The molecule has 0 radical (unpaired) electrons. The van der Waals surface area contributed by atoms with Gasteiger partial charge in [0.05, 0.1) is 5.75 Å². The molecule has 0 amide bonds. The summed E-state index contributed by atoms with van der Waals surface area (Å²) in [5.41, 5.74) is 0. The van der Waals surface area contributed by atoms with E-state index in [1.165, 1.54) is 12.1 Å². The SMILES string of the molecule is CCCS(=O)(=O)Oc1ccc(Cl)cc1. The van der Waals surface area contributed by atoms with Crippen LogP contribution in [0, 0.1) is 0 Å². The minimum absolute atomic E-state index is 0.0234. The molecule has 1 aromatic rings. The standard InChI is InChI=1S/C9H11ClO3S/c1-2-7-14(11,12)13-9-5-3-8(10)4-6-9/h3-6H,2,7H2,1H3. The van der Waals surface area contributed by atoms with Crippen molar-refractivity contribution in [3.63, 3.8) is 0 Å². The third-order valence-corrected chi connectivity index (χ3v) is 3.10. The summed E-state index contributed by atoms with van der Waals surface area (Å²) in [7, 11) is -3.44. The second kappa shape index (κ2) is 4.66. The minimum atomic E-state index is -3.44. The summed E-state index contributed by atoms with van der Waals surface area (Å²) in [5.74, 6) is 0.318. The van der Waals surface area contributed by atoms with E-state index in [2.05, 4.69) is 0 Å². The number of rotatable bonds is 4. The van der Waals surface area contributed by atoms with Crippen molar-refractivity contribution >= 4 is 21.7 Å². The lowest BCUT2D eigenvalue weighted by Gasteiger charge is -2.05. The van der Waals surface area contributed by atoms with Crippen LogP contribution in [0.3, 0.4) is 0 Å². The van der Waals surface area contributed by atoms with E-state index in [1.54, 1.807) is 19.1 Å². The van der Waals surface area contributed by atoms with Crippen molar-refractivity contribution in [2.75, 3.05) is 5.75 Å². The highest BCUT2D eigenvalue weighted by Crippen LogP contribution is 2.17. The first-order valence-electron chi connectivity index (χ1n) is 4.21. The minimum Gasteiger partial charge on any atom is -0.382 e. The molecule has 78 valence electrons. The first kappa shape index (κ1) is 11.3. The van der Waals surface area contributed by atoms with Crippen LogP contribution in [0.15, 0.2) is 24.3 Å². The summed E-state index contributed by atoms with van der Waals surface area (Å²) in [6, 6.07) is 6.21. The van der Waals surface area contributed by atoms with E-state index in [-0.39, 0.29) is 5.75 Å². The quantitative estimate of drug-likeness (QED) is 0.752. The predicted molar refractivity (Wildman–Crippen MR) is 56.2 cm³/mol. The maximum Gasteiger partial charge on any atom is 0.309 e. The van der Waals surface area contributed by atoms with Gasteiger partial charge >= 0.3 is 10.1 Å². The Morgan fingerprint density at radius 2 is 1.86 bits per heavy atom. The van der Waals surface area contributed by atoms with Gasteiger partial charge in [-0.2, -0.15) is 8.42 Å². The normalized spacial score (nSPS) is 11.3. The lowest BCUT2D eigenvalue weighted by Crippen LogP contribution is -2.12. The van der Waals surface area contributed by atoms with Crippen LogP contribution < -0.4 is 4.18 Å². The van der Waals surface area contributed by atoms with Gasteiger partial charge in [-0.05, 0) is 30.7 Å². The number of hydrogen-bond donors (Lipinski definition) is 0. The molecular formula is C9H11ClO3S. The van der Waals surface area contributed by atoms with Gasteiger partial charge in [0.25, 0.3) is 0 Å². The van der Waals surface area contributed by atoms with E-state index in [1.807, 2.05) is 0 Å². The van der Waals surface area contributed by atoms with Crippen LogP contribution in [0.4, 0.5) is 0 Å². The average Bonchev–Trinajstić information content (AvgIpc) is 2.08. The van der Waals surface area contributed by atoms with Crippen molar-refractivity contribution in [3.05, 3.63) is 29.3 Å². The maximum atomic E-state index is 11.2. The zero-order valence-electron chi connectivity index (χ0n) is 7.73. The number of hydrogen-bond acceptors (Lipinski definition) is 3. The van der Waals surface area contributed by atoms with E-state index < -0.39 is 10.1 Å². The summed E-state index contributed by atoms with van der Waals surface area (Å²) in [5, 5.41) is 0.547. The van der Waals surface area contributed by atoms with Crippen LogP contribution in [0.2, 0.25) is 5.02 Å². The van der Waals surface area contributed by atoms with Crippen LogP contribution in [0.25, 0.3) is 0 Å². The van der Waals surface area contributed by atoms with Gasteiger partial charge < -0.3 is 4.18 Å². The molecule has 0 fully saturated rings. The average molecular weight is 235 g/mol. The third kappa shape index (κ3) is 3.55. The molecule has 5 heteroatoms. The molecule has 0 aliphatic heterocycles. The Labute approximate surface area is 88.8 Å². The smallest absolute Gasteiger partial charge is 0.309 e. The van der Waals surface area contributed by atoms with Crippen molar-refractivity contribution in [1.82, 2.24) is 0 Å². The van der Waals surface area contributed by atoms with Gasteiger partial charge in [0.2, 0.25) is 0 Å². The second-order valence-electron chi connectivity index (χ2n) is 2.80. The molecule has 0 unspecified atom stereocenters. The summed E-state index contributed by atoms with van der Waals surface area (Å²) in [4.78, 5) is 0. The van der Waals surface area contributed by atoms with E-state index in [0.29, 0.717) is 17.2 Å². The highest BCUT2D eigenvalue weighted by atomic mass is 35.5. The highest BCUT2D eigenvalue weighted by Gasteiger charge is 2.10. The van der Waals surface area contributed by atoms with Gasteiger partial charge in [-0.3, -0.25) is 0 Å². The largest absolute Gasteiger partial charge is 0.382 e. The number of halogens is 1. The van der Waals surface area contributed by atoms with Gasteiger partial charge in [-0.25, -0.2) is 0 Å².